The number of carbonyl (C=O) groups is 1. The fourth-order valence-corrected chi connectivity index (χ4v) is 1.64. The molecule has 4 heteroatoms. The minimum absolute atomic E-state index is 0. The number of rotatable bonds is 2. The molecule has 2 aromatic carbocycles. The van der Waals surface area contributed by atoms with Gasteiger partial charge in [-0.1, -0.05) is 18.2 Å². The third kappa shape index (κ3) is 3.08. The molecule has 0 amide bonds. The topological polar surface area (TPSA) is 37.3 Å². The monoisotopic (exact) mass is 266 g/mol. The number of hydrogen-bond donors (Lipinski definition) is 1. The summed E-state index contributed by atoms with van der Waals surface area (Å²) >= 11 is 0. The molecule has 0 aliphatic rings. The van der Waals surface area contributed by atoms with Gasteiger partial charge in [-0.25, -0.2) is 9.18 Å². The molecule has 0 radical (unpaired) electrons. The molecule has 0 fully saturated rings. The highest BCUT2D eigenvalue weighted by Crippen LogP contribution is 2.19. The van der Waals surface area contributed by atoms with Crippen molar-refractivity contribution in [1.29, 1.82) is 0 Å². The van der Waals surface area contributed by atoms with Crippen LogP contribution in [0.15, 0.2) is 42.0 Å². The van der Waals surface area contributed by atoms with Gasteiger partial charge >= 0.3 is 5.97 Å². The zero-order chi connectivity index (χ0) is 12.4. The van der Waals surface area contributed by atoms with Crippen LogP contribution in [0, 0.1) is 5.82 Å². The van der Waals surface area contributed by atoms with Crippen LogP contribution in [0.2, 0.25) is 0 Å². The Hall–Kier alpha value is -1.87. The van der Waals surface area contributed by atoms with E-state index in [1.807, 2.05) is 6.07 Å². The number of halogens is 2. The first-order valence-electron chi connectivity index (χ1n) is 5.17. The van der Waals surface area contributed by atoms with Gasteiger partial charge in [-0.15, -0.1) is 12.4 Å². The third-order valence-electron chi connectivity index (χ3n) is 2.55. The first-order valence-corrected chi connectivity index (χ1v) is 5.17. The zero-order valence-corrected chi connectivity index (χ0v) is 10.5. The van der Waals surface area contributed by atoms with Crippen molar-refractivity contribution in [2.45, 2.75) is 6.92 Å². The lowest BCUT2D eigenvalue weighted by Gasteiger charge is -2.01. The summed E-state index contributed by atoms with van der Waals surface area (Å²) < 4.78 is 13.0. The second-order valence-corrected chi connectivity index (χ2v) is 3.88. The van der Waals surface area contributed by atoms with Crippen LogP contribution >= 0.6 is 12.4 Å². The molecule has 0 aliphatic carbocycles. The largest absolute Gasteiger partial charge is 0.478 e. The Morgan fingerprint density at radius 1 is 1.17 bits per heavy atom. The van der Waals surface area contributed by atoms with Crippen molar-refractivity contribution < 1.29 is 14.3 Å². The number of carboxylic acid groups (broad SMARTS) is 1. The van der Waals surface area contributed by atoms with Crippen LogP contribution in [0.3, 0.4) is 0 Å². The Balaban J connectivity index is 0.00000162. The Labute approximate surface area is 110 Å². The number of aliphatic carboxylic acids is 1. The molecular formula is C14H12ClFO2. The molecule has 94 valence electrons. The van der Waals surface area contributed by atoms with Gasteiger partial charge in [0, 0.05) is 5.57 Å². The van der Waals surface area contributed by atoms with E-state index < -0.39 is 5.97 Å². The van der Waals surface area contributed by atoms with E-state index >= 15 is 0 Å². The van der Waals surface area contributed by atoms with Crippen LogP contribution in [0.25, 0.3) is 16.8 Å². The van der Waals surface area contributed by atoms with Gasteiger partial charge in [0.25, 0.3) is 0 Å². The van der Waals surface area contributed by atoms with E-state index in [0.717, 1.165) is 16.3 Å². The predicted octanol–water partition coefficient (Wildman–Crippen LogP) is 3.89. The quantitative estimate of drug-likeness (QED) is 0.838. The van der Waals surface area contributed by atoms with Gasteiger partial charge in [0.15, 0.2) is 0 Å². The molecule has 2 rings (SSSR count). The van der Waals surface area contributed by atoms with Crippen LogP contribution in [0.1, 0.15) is 12.5 Å². The summed E-state index contributed by atoms with van der Waals surface area (Å²) in [6.07, 6.45) is 1.59. The van der Waals surface area contributed by atoms with Crippen molar-refractivity contribution in [3.63, 3.8) is 0 Å². The third-order valence-corrected chi connectivity index (χ3v) is 2.55. The molecule has 2 aromatic rings. The van der Waals surface area contributed by atoms with Gasteiger partial charge in [-0.3, -0.25) is 0 Å². The molecule has 0 bridgehead atoms. The fraction of sp³-hybridized carbons (Fsp3) is 0.0714. The van der Waals surface area contributed by atoms with Gasteiger partial charge in [0.05, 0.1) is 0 Å². The van der Waals surface area contributed by atoms with Crippen LogP contribution in [-0.2, 0) is 4.79 Å². The maximum absolute atomic E-state index is 13.0. The fourth-order valence-electron chi connectivity index (χ4n) is 1.64. The molecule has 0 heterocycles. The molecule has 18 heavy (non-hydrogen) atoms. The van der Waals surface area contributed by atoms with Crippen LogP contribution in [-0.4, -0.2) is 11.1 Å². The normalized spacial score (nSPS) is 11.1. The molecule has 0 spiro atoms. The highest BCUT2D eigenvalue weighted by molar-refractivity contribution is 5.93. The number of hydrogen-bond acceptors (Lipinski definition) is 1. The number of benzene rings is 2. The van der Waals surface area contributed by atoms with Gasteiger partial charge in [-0.2, -0.15) is 0 Å². The average Bonchev–Trinajstić information content (AvgIpc) is 2.29. The molecule has 0 aliphatic heterocycles. The zero-order valence-electron chi connectivity index (χ0n) is 9.68. The second kappa shape index (κ2) is 5.65. The van der Waals surface area contributed by atoms with Crippen molar-refractivity contribution in [3.8, 4) is 0 Å². The van der Waals surface area contributed by atoms with E-state index in [2.05, 4.69) is 0 Å². The summed E-state index contributed by atoms with van der Waals surface area (Å²) in [5.41, 5.74) is 1.07. The maximum atomic E-state index is 13.0. The lowest BCUT2D eigenvalue weighted by molar-refractivity contribution is -0.132. The number of carboxylic acids is 1. The summed E-state index contributed by atoms with van der Waals surface area (Å²) in [6, 6.07) is 9.90. The van der Waals surface area contributed by atoms with E-state index in [1.165, 1.54) is 19.1 Å². The summed E-state index contributed by atoms with van der Waals surface area (Å²) in [4.78, 5) is 10.7. The molecule has 1 N–H and O–H groups in total. The summed E-state index contributed by atoms with van der Waals surface area (Å²) in [5.74, 6) is -1.22. The molecule has 0 unspecified atom stereocenters. The Kier molecular flexibility index (Phi) is 4.45. The van der Waals surface area contributed by atoms with Crippen molar-refractivity contribution in [3.05, 3.63) is 53.4 Å². The van der Waals surface area contributed by atoms with Crippen LogP contribution in [0.4, 0.5) is 4.39 Å². The Morgan fingerprint density at radius 3 is 2.44 bits per heavy atom. The van der Waals surface area contributed by atoms with E-state index in [-0.39, 0.29) is 23.8 Å². The minimum Gasteiger partial charge on any atom is -0.478 e. The van der Waals surface area contributed by atoms with E-state index in [4.69, 9.17) is 5.11 Å². The average molecular weight is 267 g/mol. The second-order valence-electron chi connectivity index (χ2n) is 3.88. The van der Waals surface area contributed by atoms with Gasteiger partial charge in [0.2, 0.25) is 0 Å². The van der Waals surface area contributed by atoms with E-state index in [9.17, 15) is 9.18 Å². The first kappa shape index (κ1) is 14.2. The predicted molar refractivity (Wildman–Crippen MR) is 72.4 cm³/mol. The highest BCUT2D eigenvalue weighted by atomic mass is 35.5. The van der Waals surface area contributed by atoms with Crippen LogP contribution in [0.5, 0.6) is 0 Å². The van der Waals surface area contributed by atoms with E-state index in [0.29, 0.717) is 0 Å². The molecule has 2 nitrogen and oxygen atoms in total. The molecule has 0 atom stereocenters. The van der Waals surface area contributed by atoms with Crippen molar-refractivity contribution in [2.24, 2.45) is 0 Å². The van der Waals surface area contributed by atoms with Gasteiger partial charge < -0.3 is 5.11 Å². The maximum Gasteiger partial charge on any atom is 0.331 e. The van der Waals surface area contributed by atoms with Crippen LogP contribution < -0.4 is 0 Å². The lowest BCUT2D eigenvalue weighted by Crippen LogP contribution is -1.95. The lowest BCUT2D eigenvalue weighted by atomic mass is 10.1. The SMILES string of the molecule is C/C(=C\c1ccc2cc(F)ccc2c1)C(=O)O.Cl. The van der Waals surface area contributed by atoms with E-state index in [1.54, 1.807) is 24.3 Å². The number of fused-ring (bicyclic) bond motifs is 1. The molecule has 0 saturated heterocycles. The summed E-state index contributed by atoms with van der Waals surface area (Å²) in [7, 11) is 0. The summed E-state index contributed by atoms with van der Waals surface area (Å²) in [6.45, 7) is 1.54. The molecule has 0 saturated carbocycles. The molecular weight excluding hydrogens is 255 g/mol. The van der Waals surface area contributed by atoms with Gasteiger partial charge in [-0.05, 0) is 47.5 Å². The van der Waals surface area contributed by atoms with Gasteiger partial charge in [0.1, 0.15) is 5.82 Å². The standard InChI is InChI=1S/C14H11FO2.ClH/c1-9(14(16)17)6-10-2-3-12-8-13(15)5-4-11(12)7-10;/h2-8H,1H3,(H,16,17);1H/b9-6+;. The minimum atomic E-state index is -0.941. The Morgan fingerprint density at radius 2 is 1.78 bits per heavy atom. The highest BCUT2D eigenvalue weighted by Gasteiger charge is 2.01. The van der Waals surface area contributed by atoms with Crippen molar-refractivity contribution >= 4 is 35.2 Å². The Bertz CT molecular complexity index is 620. The van der Waals surface area contributed by atoms with Crippen molar-refractivity contribution in [2.75, 3.05) is 0 Å². The van der Waals surface area contributed by atoms with Crippen molar-refractivity contribution in [1.82, 2.24) is 0 Å². The smallest absolute Gasteiger partial charge is 0.331 e. The molecule has 0 aromatic heterocycles. The first-order chi connectivity index (χ1) is 8.06. The summed E-state index contributed by atoms with van der Waals surface area (Å²) in [5, 5.41) is 10.5.